The van der Waals surface area contributed by atoms with E-state index < -0.39 is 29.6 Å². The van der Waals surface area contributed by atoms with E-state index in [1.807, 2.05) is 6.07 Å². The number of carbonyl (C=O) groups is 4. The second-order valence-electron chi connectivity index (χ2n) is 6.89. The zero-order valence-electron chi connectivity index (χ0n) is 15.9. The second-order valence-corrected chi connectivity index (χ2v) is 6.89. The van der Waals surface area contributed by atoms with Gasteiger partial charge in [-0.05, 0) is 39.3 Å². The highest BCUT2D eigenvalue weighted by Crippen LogP contribution is 2.17. The van der Waals surface area contributed by atoms with E-state index in [4.69, 9.17) is 10.00 Å². The highest BCUT2D eigenvalue weighted by Gasteiger charge is 2.43. The summed E-state index contributed by atoms with van der Waals surface area (Å²) in [6.07, 6.45) is -0.890. The van der Waals surface area contributed by atoms with Gasteiger partial charge in [0.2, 0.25) is 0 Å². The number of nitrogens with one attached hydrogen (secondary N) is 2. The lowest BCUT2D eigenvalue weighted by molar-refractivity contribution is -0.153. The van der Waals surface area contributed by atoms with E-state index in [1.54, 1.807) is 38.1 Å². The summed E-state index contributed by atoms with van der Waals surface area (Å²) in [7, 11) is 0. The Hall–Kier alpha value is -3.41. The van der Waals surface area contributed by atoms with Gasteiger partial charge in [0.15, 0.2) is 6.10 Å². The third-order valence-corrected chi connectivity index (χ3v) is 4.19. The first kappa shape index (κ1) is 20.9. The smallest absolute Gasteiger partial charge is 0.325 e. The average molecular weight is 386 g/mol. The summed E-state index contributed by atoms with van der Waals surface area (Å²) < 4.78 is 5.08. The number of nitriles is 1. The normalized spacial score (nSPS) is 16.1. The van der Waals surface area contributed by atoms with Gasteiger partial charge in [-0.2, -0.15) is 5.26 Å². The van der Waals surface area contributed by atoms with Crippen LogP contribution in [0.2, 0.25) is 0 Å². The summed E-state index contributed by atoms with van der Waals surface area (Å²) in [5, 5.41) is 14.1. The minimum atomic E-state index is -1.06. The molecule has 2 rings (SSSR count). The van der Waals surface area contributed by atoms with Gasteiger partial charge in [0, 0.05) is 13.0 Å². The molecule has 0 spiro atoms. The molecule has 9 nitrogen and oxygen atoms in total. The van der Waals surface area contributed by atoms with E-state index in [-0.39, 0.29) is 25.3 Å². The molecule has 0 aliphatic carbocycles. The number of esters is 1. The predicted octanol–water partition coefficient (Wildman–Crippen LogP) is 1.54. The highest BCUT2D eigenvalue weighted by molar-refractivity contribution is 6.06. The lowest BCUT2D eigenvalue weighted by Crippen LogP contribution is -2.40. The summed E-state index contributed by atoms with van der Waals surface area (Å²) in [5.74, 6) is -1.54. The van der Waals surface area contributed by atoms with Crippen LogP contribution in [0.25, 0.3) is 0 Å². The molecule has 0 bridgehead atoms. The number of benzene rings is 1. The summed E-state index contributed by atoms with van der Waals surface area (Å²) >= 11 is 0. The van der Waals surface area contributed by atoms with Crippen LogP contribution in [-0.2, 0) is 19.1 Å². The van der Waals surface area contributed by atoms with Crippen LogP contribution >= 0.6 is 0 Å². The van der Waals surface area contributed by atoms with Crippen LogP contribution in [0.5, 0.6) is 0 Å². The zero-order chi connectivity index (χ0) is 20.9. The van der Waals surface area contributed by atoms with Crippen LogP contribution in [0.3, 0.4) is 0 Å². The van der Waals surface area contributed by atoms with Crippen LogP contribution in [0.4, 0.5) is 10.5 Å². The molecule has 1 heterocycles. The Morgan fingerprint density at radius 3 is 2.61 bits per heavy atom. The molecule has 1 aromatic carbocycles. The molecule has 0 aromatic heterocycles. The van der Waals surface area contributed by atoms with E-state index in [9.17, 15) is 19.2 Å². The Morgan fingerprint density at radius 1 is 1.32 bits per heavy atom. The Labute approximate surface area is 162 Å². The van der Waals surface area contributed by atoms with Crippen molar-refractivity contribution in [1.29, 1.82) is 5.26 Å². The molecule has 1 aromatic rings. The number of hydrogen-bond donors (Lipinski definition) is 2. The van der Waals surface area contributed by atoms with Crippen LogP contribution in [-0.4, -0.2) is 46.9 Å². The minimum Gasteiger partial charge on any atom is -0.453 e. The van der Waals surface area contributed by atoms with Gasteiger partial charge >= 0.3 is 12.0 Å². The molecule has 1 atom stereocenters. The summed E-state index contributed by atoms with van der Waals surface area (Å²) in [6.45, 7) is 4.71. The molecule has 0 unspecified atom stereocenters. The molecule has 148 valence electrons. The van der Waals surface area contributed by atoms with Crippen molar-refractivity contribution in [3.05, 3.63) is 29.8 Å². The number of urea groups is 1. The van der Waals surface area contributed by atoms with E-state index in [2.05, 4.69) is 10.6 Å². The van der Waals surface area contributed by atoms with Gasteiger partial charge < -0.3 is 15.4 Å². The summed E-state index contributed by atoms with van der Waals surface area (Å²) in [6, 6.07) is 7.94. The van der Waals surface area contributed by atoms with E-state index in [1.165, 1.54) is 6.92 Å². The van der Waals surface area contributed by atoms with Crippen molar-refractivity contribution in [2.75, 3.05) is 11.9 Å². The summed E-state index contributed by atoms with van der Waals surface area (Å²) in [4.78, 5) is 49.0. The van der Waals surface area contributed by atoms with Crippen molar-refractivity contribution < 1.29 is 23.9 Å². The minimum absolute atomic E-state index is 0.0517. The van der Waals surface area contributed by atoms with Gasteiger partial charge in [0.1, 0.15) is 11.6 Å². The maximum absolute atomic E-state index is 12.2. The first-order chi connectivity index (χ1) is 13.2. The lowest BCUT2D eigenvalue weighted by atomic mass is 10.1. The van der Waals surface area contributed by atoms with Crippen molar-refractivity contribution in [1.82, 2.24) is 10.2 Å². The molecule has 2 N–H and O–H groups in total. The number of anilines is 1. The quantitative estimate of drug-likeness (QED) is 0.540. The van der Waals surface area contributed by atoms with Crippen LogP contribution < -0.4 is 10.6 Å². The fourth-order valence-electron chi connectivity index (χ4n) is 2.64. The third-order valence-electron chi connectivity index (χ3n) is 4.19. The number of para-hydroxylation sites is 1. The monoisotopic (exact) mass is 386 g/mol. The molecular formula is C19H22N4O5. The van der Waals surface area contributed by atoms with Gasteiger partial charge in [0.25, 0.3) is 11.8 Å². The maximum Gasteiger partial charge on any atom is 0.325 e. The first-order valence-corrected chi connectivity index (χ1v) is 8.79. The number of rotatable bonds is 7. The number of ether oxygens (including phenoxy) is 1. The van der Waals surface area contributed by atoms with Gasteiger partial charge in [-0.1, -0.05) is 12.1 Å². The molecule has 1 fully saturated rings. The van der Waals surface area contributed by atoms with E-state index in [0.29, 0.717) is 11.3 Å². The molecule has 1 aliphatic rings. The molecular weight excluding hydrogens is 364 g/mol. The molecule has 4 amide bonds. The molecule has 28 heavy (non-hydrogen) atoms. The summed E-state index contributed by atoms with van der Waals surface area (Å²) in [5.41, 5.74) is -0.325. The van der Waals surface area contributed by atoms with Gasteiger partial charge in [-0.25, -0.2) is 4.79 Å². The molecule has 9 heteroatoms. The van der Waals surface area contributed by atoms with Crippen LogP contribution in [0.1, 0.15) is 39.2 Å². The maximum atomic E-state index is 12.2. The van der Waals surface area contributed by atoms with Crippen LogP contribution in [0, 0.1) is 11.3 Å². The Kier molecular flexibility index (Phi) is 6.36. The average Bonchev–Trinajstić information content (AvgIpc) is 2.83. The first-order valence-electron chi connectivity index (χ1n) is 8.79. The number of hydrogen-bond acceptors (Lipinski definition) is 6. The van der Waals surface area contributed by atoms with E-state index >= 15 is 0 Å². The van der Waals surface area contributed by atoms with Gasteiger partial charge in [-0.15, -0.1) is 0 Å². The van der Waals surface area contributed by atoms with Crippen LogP contribution in [0.15, 0.2) is 24.3 Å². The molecule has 0 saturated carbocycles. The third kappa shape index (κ3) is 4.85. The molecule has 0 radical (unpaired) electrons. The topological polar surface area (TPSA) is 129 Å². The Balaban J connectivity index is 1.79. The van der Waals surface area contributed by atoms with Crippen molar-refractivity contribution in [3.8, 4) is 6.07 Å². The van der Waals surface area contributed by atoms with Crippen molar-refractivity contribution in [2.45, 2.75) is 45.3 Å². The van der Waals surface area contributed by atoms with Gasteiger partial charge in [-0.3, -0.25) is 19.3 Å². The Bertz CT molecular complexity index is 843. The number of nitrogens with zero attached hydrogens (tertiary/aromatic N) is 2. The fourth-order valence-corrected chi connectivity index (χ4v) is 2.64. The second kappa shape index (κ2) is 8.52. The largest absolute Gasteiger partial charge is 0.453 e. The van der Waals surface area contributed by atoms with Crippen molar-refractivity contribution >= 4 is 29.5 Å². The standard InChI is InChI=1S/C19H22N4O5/c1-12(16(25)21-14-8-5-4-7-13(14)11-20)28-15(24)9-6-10-23-17(26)19(2,3)22-18(23)27/h4-5,7-8,12H,6,9-10H2,1-3H3,(H,21,25)(H,22,27)/t12-/m1/s1. The number of imide groups is 1. The highest BCUT2D eigenvalue weighted by atomic mass is 16.5. The lowest BCUT2D eigenvalue weighted by Gasteiger charge is -2.16. The van der Waals surface area contributed by atoms with E-state index in [0.717, 1.165) is 4.90 Å². The number of amides is 4. The number of carbonyl (C=O) groups excluding carboxylic acids is 4. The molecule has 1 saturated heterocycles. The fraction of sp³-hybridized carbons (Fsp3) is 0.421. The SMILES string of the molecule is C[C@@H](OC(=O)CCCN1C(=O)NC(C)(C)C1=O)C(=O)Nc1ccccc1C#N. The Morgan fingerprint density at radius 2 is 2.00 bits per heavy atom. The van der Waals surface area contributed by atoms with Crippen molar-refractivity contribution in [3.63, 3.8) is 0 Å². The predicted molar refractivity (Wildman–Crippen MR) is 98.9 cm³/mol. The molecule has 1 aliphatic heterocycles. The van der Waals surface area contributed by atoms with Gasteiger partial charge in [0.05, 0.1) is 11.3 Å². The van der Waals surface area contributed by atoms with Crippen molar-refractivity contribution in [2.24, 2.45) is 0 Å². The zero-order valence-corrected chi connectivity index (χ0v) is 15.9.